The first-order valence-electron chi connectivity index (χ1n) is 5.98. The van der Waals surface area contributed by atoms with Crippen LogP contribution in [0.2, 0.25) is 0 Å². The first-order valence-corrected chi connectivity index (χ1v) is 5.98. The molecule has 1 aliphatic rings. The highest BCUT2D eigenvalue weighted by molar-refractivity contribution is 5.26. The topological polar surface area (TPSA) is 18.5 Å². The average Bonchev–Trinajstić information content (AvgIpc) is 2.33. The molecule has 1 aliphatic carbocycles. The quantitative estimate of drug-likeness (QED) is 0.724. The Balaban J connectivity index is 1.67. The van der Waals surface area contributed by atoms with E-state index in [0.717, 1.165) is 25.2 Å². The Morgan fingerprint density at radius 1 is 1.29 bits per heavy atom. The number of ether oxygens (including phenoxy) is 2. The van der Waals surface area contributed by atoms with Gasteiger partial charge in [-0.05, 0) is 36.5 Å². The molecule has 0 aliphatic heterocycles. The second kappa shape index (κ2) is 5.75. The molecule has 90 valence electrons. The van der Waals surface area contributed by atoms with Crippen LogP contribution < -0.4 is 4.74 Å². The zero-order chi connectivity index (χ0) is 12.1. The number of methoxy groups -OCH3 is 1. The summed E-state index contributed by atoms with van der Waals surface area (Å²) >= 11 is 0. The molecular formula is C15H18O2. The van der Waals surface area contributed by atoms with Crippen LogP contribution in [0.1, 0.15) is 18.4 Å². The van der Waals surface area contributed by atoms with Crippen molar-refractivity contribution in [3.05, 3.63) is 29.8 Å². The Bertz CT molecular complexity index is 382. The molecule has 0 unspecified atom stereocenters. The molecule has 1 aromatic rings. The summed E-state index contributed by atoms with van der Waals surface area (Å²) in [5, 5.41) is 0. The Hall–Kier alpha value is -1.46. The predicted molar refractivity (Wildman–Crippen MR) is 67.7 cm³/mol. The van der Waals surface area contributed by atoms with Crippen LogP contribution in [0.15, 0.2) is 24.3 Å². The molecule has 0 saturated heterocycles. The number of rotatable bonds is 5. The highest BCUT2D eigenvalue weighted by Gasteiger charge is 2.27. The maximum atomic E-state index is 5.68. The summed E-state index contributed by atoms with van der Waals surface area (Å²) in [6.45, 7) is 1.49. The van der Waals surface area contributed by atoms with E-state index >= 15 is 0 Å². The molecule has 0 atom stereocenters. The molecule has 1 fully saturated rings. The monoisotopic (exact) mass is 230 g/mol. The van der Waals surface area contributed by atoms with Gasteiger partial charge in [-0.15, -0.1) is 12.3 Å². The van der Waals surface area contributed by atoms with E-state index in [2.05, 4.69) is 5.92 Å². The van der Waals surface area contributed by atoms with Crippen molar-refractivity contribution < 1.29 is 9.47 Å². The largest absolute Gasteiger partial charge is 0.497 e. The van der Waals surface area contributed by atoms with Crippen LogP contribution in [-0.4, -0.2) is 13.7 Å². The summed E-state index contributed by atoms with van der Waals surface area (Å²) in [5.74, 6) is 4.81. The molecule has 0 aromatic heterocycles. The van der Waals surface area contributed by atoms with Crippen molar-refractivity contribution in [3.63, 3.8) is 0 Å². The normalized spacial score (nSPS) is 22.6. The highest BCUT2D eigenvalue weighted by Crippen LogP contribution is 2.33. The van der Waals surface area contributed by atoms with Crippen molar-refractivity contribution in [2.24, 2.45) is 11.8 Å². The minimum Gasteiger partial charge on any atom is -0.497 e. The van der Waals surface area contributed by atoms with Gasteiger partial charge in [-0.2, -0.15) is 0 Å². The summed E-state index contributed by atoms with van der Waals surface area (Å²) in [6, 6.07) is 7.97. The minimum atomic E-state index is 0.490. The first-order chi connectivity index (χ1) is 8.31. The minimum absolute atomic E-state index is 0.490. The summed E-state index contributed by atoms with van der Waals surface area (Å²) in [4.78, 5) is 0. The fourth-order valence-electron chi connectivity index (χ4n) is 2.07. The van der Waals surface area contributed by atoms with Crippen molar-refractivity contribution in [1.82, 2.24) is 0 Å². The summed E-state index contributed by atoms with van der Waals surface area (Å²) in [6.07, 6.45) is 7.59. The van der Waals surface area contributed by atoms with E-state index in [1.54, 1.807) is 7.11 Å². The fraction of sp³-hybridized carbons (Fsp3) is 0.467. The number of terminal acetylenes is 1. The third-order valence-corrected chi connectivity index (χ3v) is 3.25. The Labute approximate surface area is 103 Å². The third kappa shape index (κ3) is 3.25. The third-order valence-electron chi connectivity index (χ3n) is 3.25. The van der Waals surface area contributed by atoms with Gasteiger partial charge in [0, 0.05) is 12.5 Å². The number of benzene rings is 1. The Morgan fingerprint density at radius 2 is 2.00 bits per heavy atom. The van der Waals surface area contributed by atoms with Crippen LogP contribution in [0.5, 0.6) is 5.75 Å². The van der Waals surface area contributed by atoms with E-state index < -0.39 is 0 Å². The van der Waals surface area contributed by atoms with Gasteiger partial charge in [-0.3, -0.25) is 0 Å². The van der Waals surface area contributed by atoms with Gasteiger partial charge in [-0.25, -0.2) is 0 Å². The lowest BCUT2D eigenvalue weighted by molar-refractivity contribution is 0.0469. The molecule has 0 amide bonds. The molecule has 0 heterocycles. The molecule has 1 saturated carbocycles. The van der Waals surface area contributed by atoms with Crippen LogP contribution in [-0.2, 0) is 11.3 Å². The van der Waals surface area contributed by atoms with Gasteiger partial charge in [0.1, 0.15) is 5.75 Å². The predicted octanol–water partition coefficient (Wildman–Crippen LogP) is 2.87. The van der Waals surface area contributed by atoms with Crippen LogP contribution in [0.3, 0.4) is 0 Å². The zero-order valence-corrected chi connectivity index (χ0v) is 10.2. The van der Waals surface area contributed by atoms with Gasteiger partial charge in [0.05, 0.1) is 13.7 Å². The van der Waals surface area contributed by atoms with Gasteiger partial charge in [0.2, 0.25) is 0 Å². The SMILES string of the molecule is C#CC1CC(COCc2ccc(OC)cc2)C1. The molecule has 0 radical (unpaired) electrons. The molecule has 17 heavy (non-hydrogen) atoms. The lowest BCUT2D eigenvalue weighted by atomic mass is 9.76. The Kier molecular flexibility index (Phi) is 4.06. The van der Waals surface area contributed by atoms with E-state index in [0.29, 0.717) is 18.4 Å². The maximum absolute atomic E-state index is 5.68. The summed E-state index contributed by atoms with van der Waals surface area (Å²) in [7, 11) is 1.67. The van der Waals surface area contributed by atoms with Crippen molar-refractivity contribution in [1.29, 1.82) is 0 Å². The number of hydrogen-bond donors (Lipinski definition) is 0. The molecule has 2 rings (SSSR count). The second-order valence-corrected chi connectivity index (χ2v) is 4.56. The fourth-order valence-corrected chi connectivity index (χ4v) is 2.07. The average molecular weight is 230 g/mol. The van der Waals surface area contributed by atoms with Crippen molar-refractivity contribution in [3.8, 4) is 18.1 Å². The summed E-state index contributed by atoms with van der Waals surface area (Å²) < 4.78 is 10.8. The molecule has 2 heteroatoms. The van der Waals surface area contributed by atoms with Crippen LogP contribution in [0, 0.1) is 24.2 Å². The van der Waals surface area contributed by atoms with Crippen molar-refractivity contribution in [2.75, 3.05) is 13.7 Å². The molecule has 0 spiro atoms. The first kappa shape index (κ1) is 12.0. The van der Waals surface area contributed by atoms with E-state index in [4.69, 9.17) is 15.9 Å². The smallest absolute Gasteiger partial charge is 0.118 e. The lowest BCUT2D eigenvalue weighted by Crippen LogP contribution is -2.26. The molecule has 1 aromatic carbocycles. The van der Waals surface area contributed by atoms with Crippen LogP contribution >= 0.6 is 0 Å². The van der Waals surface area contributed by atoms with Crippen molar-refractivity contribution in [2.45, 2.75) is 19.4 Å². The summed E-state index contributed by atoms with van der Waals surface area (Å²) in [5.41, 5.74) is 1.18. The van der Waals surface area contributed by atoms with Gasteiger partial charge < -0.3 is 9.47 Å². The Morgan fingerprint density at radius 3 is 2.59 bits per heavy atom. The maximum Gasteiger partial charge on any atom is 0.118 e. The zero-order valence-electron chi connectivity index (χ0n) is 10.2. The van der Waals surface area contributed by atoms with Crippen LogP contribution in [0.25, 0.3) is 0 Å². The molecule has 2 nitrogen and oxygen atoms in total. The molecule has 0 N–H and O–H groups in total. The van der Waals surface area contributed by atoms with Gasteiger partial charge in [0.15, 0.2) is 0 Å². The van der Waals surface area contributed by atoms with Gasteiger partial charge in [-0.1, -0.05) is 12.1 Å². The molecule has 0 bridgehead atoms. The molecular weight excluding hydrogens is 212 g/mol. The van der Waals surface area contributed by atoms with E-state index in [9.17, 15) is 0 Å². The number of hydrogen-bond acceptors (Lipinski definition) is 2. The van der Waals surface area contributed by atoms with Gasteiger partial charge in [0.25, 0.3) is 0 Å². The van der Waals surface area contributed by atoms with E-state index in [-0.39, 0.29) is 0 Å². The lowest BCUT2D eigenvalue weighted by Gasteiger charge is -2.31. The highest BCUT2D eigenvalue weighted by atomic mass is 16.5. The van der Waals surface area contributed by atoms with E-state index in [1.807, 2.05) is 24.3 Å². The van der Waals surface area contributed by atoms with Crippen LogP contribution in [0.4, 0.5) is 0 Å². The standard InChI is InChI=1S/C15H18O2/c1-3-12-8-14(9-12)11-17-10-13-4-6-15(16-2)7-5-13/h1,4-7,12,14H,8-11H2,2H3. The van der Waals surface area contributed by atoms with Crippen molar-refractivity contribution >= 4 is 0 Å². The second-order valence-electron chi connectivity index (χ2n) is 4.56. The van der Waals surface area contributed by atoms with Gasteiger partial charge >= 0.3 is 0 Å². The van der Waals surface area contributed by atoms with E-state index in [1.165, 1.54) is 5.56 Å².